The second-order valence-electron chi connectivity index (χ2n) is 6.70. The summed E-state index contributed by atoms with van der Waals surface area (Å²) < 4.78 is 16.1. The van der Waals surface area contributed by atoms with Crippen LogP contribution in [-0.2, 0) is 11.3 Å². The van der Waals surface area contributed by atoms with Crippen molar-refractivity contribution in [3.05, 3.63) is 23.8 Å². The fourth-order valence-corrected chi connectivity index (χ4v) is 2.17. The predicted molar refractivity (Wildman–Crippen MR) is 122 cm³/mol. The van der Waals surface area contributed by atoms with Crippen LogP contribution in [0.5, 0.6) is 11.5 Å². The van der Waals surface area contributed by atoms with Gasteiger partial charge in [0, 0.05) is 26.7 Å². The molecule has 0 aromatic heterocycles. The molecule has 1 rings (SSSR count). The number of aliphatic imine (C=N–C) groups is 1. The van der Waals surface area contributed by atoms with Crippen LogP contribution in [0.1, 0.15) is 33.3 Å². The zero-order valence-corrected chi connectivity index (χ0v) is 19.9. The summed E-state index contributed by atoms with van der Waals surface area (Å²) in [4.78, 5) is 15.8. The minimum atomic E-state index is -0.506. The van der Waals surface area contributed by atoms with Crippen LogP contribution in [0.4, 0.5) is 4.79 Å². The topological polar surface area (TPSA) is 93.2 Å². The molecule has 160 valence electrons. The SMILES string of the molecule is CCOc1cc(CNC(=NC)NCCNC(=O)OC(C)(C)C)ccc1OC.I. The number of carbonyl (C=O) groups is 1. The summed E-state index contributed by atoms with van der Waals surface area (Å²) in [7, 11) is 3.31. The Bertz CT molecular complexity index is 633. The molecular weight excluding hydrogens is 475 g/mol. The second-order valence-corrected chi connectivity index (χ2v) is 6.70. The van der Waals surface area contributed by atoms with Gasteiger partial charge in [0.1, 0.15) is 5.60 Å². The Hall–Kier alpha value is -1.91. The number of amides is 1. The Morgan fingerprint density at radius 1 is 1.11 bits per heavy atom. The van der Waals surface area contributed by atoms with Crippen molar-refractivity contribution < 1.29 is 19.0 Å². The monoisotopic (exact) mass is 508 g/mol. The van der Waals surface area contributed by atoms with Crippen molar-refractivity contribution in [1.29, 1.82) is 0 Å². The zero-order valence-electron chi connectivity index (χ0n) is 17.5. The molecule has 0 fully saturated rings. The van der Waals surface area contributed by atoms with Crippen LogP contribution in [0.15, 0.2) is 23.2 Å². The van der Waals surface area contributed by atoms with Crippen LogP contribution in [0.2, 0.25) is 0 Å². The van der Waals surface area contributed by atoms with E-state index in [2.05, 4.69) is 20.9 Å². The van der Waals surface area contributed by atoms with Gasteiger partial charge in [0.05, 0.1) is 13.7 Å². The first-order valence-electron chi connectivity index (χ1n) is 9.00. The van der Waals surface area contributed by atoms with Crippen molar-refractivity contribution >= 4 is 36.0 Å². The third-order valence-corrected chi connectivity index (χ3v) is 3.30. The number of nitrogens with one attached hydrogen (secondary N) is 3. The van der Waals surface area contributed by atoms with Crippen molar-refractivity contribution in [1.82, 2.24) is 16.0 Å². The zero-order chi connectivity index (χ0) is 20.3. The Morgan fingerprint density at radius 3 is 2.36 bits per heavy atom. The summed E-state index contributed by atoms with van der Waals surface area (Å²) in [6.45, 7) is 9.50. The standard InChI is InChI=1S/C19H32N4O4.HI/c1-7-26-16-12-14(8-9-15(16)25-6)13-23-17(20-5)21-10-11-22-18(24)27-19(2,3)4;/h8-9,12H,7,10-11,13H2,1-6H3,(H,22,24)(H2,20,21,23);1H. The number of halogens is 1. The maximum atomic E-state index is 11.6. The summed E-state index contributed by atoms with van der Waals surface area (Å²) in [6.07, 6.45) is -0.436. The van der Waals surface area contributed by atoms with Gasteiger partial charge in [0.15, 0.2) is 17.5 Å². The van der Waals surface area contributed by atoms with E-state index in [1.165, 1.54) is 0 Å². The van der Waals surface area contributed by atoms with Crippen LogP contribution in [0.25, 0.3) is 0 Å². The third kappa shape index (κ3) is 10.4. The van der Waals surface area contributed by atoms with Crippen LogP contribution in [0, 0.1) is 0 Å². The summed E-state index contributed by atoms with van der Waals surface area (Å²) in [5, 5.41) is 9.04. The van der Waals surface area contributed by atoms with E-state index in [0.29, 0.717) is 43.7 Å². The summed E-state index contributed by atoms with van der Waals surface area (Å²) in [5.74, 6) is 2.05. The highest BCUT2D eigenvalue weighted by atomic mass is 127. The molecule has 0 aliphatic rings. The number of rotatable bonds is 8. The number of hydrogen-bond donors (Lipinski definition) is 3. The number of guanidine groups is 1. The van der Waals surface area contributed by atoms with E-state index in [9.17, 15) is 4.79 Å². The molecule has 0 bridgehead atoms. The smallest absolute Gasteiger partial charge is 0.407 e. The van der Waals surface area contributed by atoms with Crippen LogP contribution >= 0.6 is 24.0 Å². The van der Waals surface area contributed by atoms with Crippen molar-refractivity contribution in [3.8, 4) is 11.5 Å². The van der Waals surface area contributed by atoms with Gasteiger partial charge in [-0.1, -0.05) is 6.07 Å². The quantitative estimate of drug-likeness (QED) is 0.217. The number of nitrogens with zero attached hydrogens (tertiary/aromatic N) is 1. The molecule has 3 N–H and O–H groups in total. The molecule has 0 heterocycles. The normalized spacial score (nSPS) is 11.1. The Morgan fingerprint density at radius 2 is 1.79 bits per heavy atom. The van der Waals surface area contributed by atoms with Crippen LogP contribution < -0.4 is 25.4 Å². The lowest BCUT2D eigenvalue weighted by atomic mass is 10.2. The summed E-state index contributed by atoms with van der Waals surface area (Å²) >= 11 is 0. The lowest BCUT2D eigenvalue weighted by Crippen LogP contribution is -2.42. The van der Waals surface area contributed by atoms with Gasteiger partial charge >= 0.3 is 6.09 Å². The van der Waals surface area contributed by atoms with Crippen molar-refractivity contribution in [3.63, 3.8) is 0 Å². The summed E-state index contributed by atoms with van der Waals surface area (Å²) in [6, 6.07) is 5.78. The molecule has 1 amide bonds. The van der Waals surface area contributed by atoms with Gasteiger partial charge in [-0.15, -0.1) is 24.0 Å². The maximum absolute atomic E-state index is 11.6. The van der Waals surface area contributed by atoms with E-state index < -0.39 is 11.7 Å². The first-order valence-corrected chi connectivity index (χ1v) is 9.00. The molecule has 9 heteroatoms. The Balaban J connectivity index is 0.00000729. The highest BCUT2D eigenvalue weighted by Gasteiger charge is 2.15. The molecule has 1 aromatic rings. The maximum Gasteiger partial charge on any atom is 0.407 e. The van der Waals surface area contributed by atoms with E-state index in [4.69, 9.17) is 14.2 Å². The molecular formula is C19H33IN4O4. The molecule has 0 radical (unpaired) electrons. The van der Waals surface area contributed by atoms with E-state index in [0.717, 1.165) is 5.56 Å². The number of benzene rings is 1. The minimum Gasteiger partial charge on any atom is -0.493 e. The molecule has 0 saturated heterocycles. The number of ether oxygens (including phenoxy) is 3. The largest absolute Gasteiger partial charge is 0.493 e. The molecule has 0 aliphatic carbocycles. The number of hydrogen-bond acceptors (Lipinski definition) is 5. The fourth-order valence-electron chi connectivity index (χ4n) is 2.17. The van der Waals surface area contributed by atoms with E-state index in [1.807, 2.05) is 45.9 Å². The average molecular weight is 508 g/mol. The van der Waals surface area contributed by atoms with E-state index in [1.54, 1.807) is 14.2 Å². The molecule has 0 unspecified atom stereocenters. The van der Waals surface area contributed by atoms with Gasteiger partial charge in [-0.2, -0.15) is 0 Å². The third-order valence-electron chi connectivity index (χ3n) is 3.30. The van der Waals surface area contributed by atoms with Gasteiger partial charge in [-0.25, -0.2) is 4.79 Å². The molecule has 0 aliphatic heterocycles. The number of methoxy groups -OCH3 is 1. The van der Waals surface area contributed by atoms with Crippen LogP contribution in [0.3, 0.4) is 0 Å². The fraction of sp³-hybridized carbons (Fsp3) is 0.579. The Kier molecular flexibility index (Phi) is 12.4. The molecule has 0 atom stereocenters. The van der Waals surface area contributed by atoms with Gasteiger partial charge in [0.25, 0.3) is 0 Å². The minimum absolute atomic E-state index is 0. The molecule has 28 heavy (non-hydrogen) atoms. The highest BCUT2D eigenvalue weighted by Crippen LogP contribution is 2.27. The summed E-state index contributed by atoms with van der Waals surface area (Å²) in [5.41, 5.74) is 0.530. The van der Waals surface area contributed by atoms with Gasteiger partial charge in [-0.3, -0.25) is 4.99 Å². The van der Waals surface area contributed by atoms with E-state index >= 15 is 0 Å². The molecule has 0 spiro atoms. The highest BCUT2D eigenvalue weighted by molar-refractivity contribution is 14.0. The lowest BCUT2D eigenvalue weighted by molar-refractivity contribution is 0.0529. The Labute approximate surface area is 184 Å². The van der Waals surface area contributed by atoms with Gasteiger partial charge in [0.2, 0.25) is 0 Å². The van der Waals surface area contributed by atoms with E-state index in [-0.39, 0.29) is 24.0 Å². The van der Waals surface area contributed by atoms with Gasteiger partial charge in [-0.05, 0) is 45.4 Å². The van der Waals surface area contributed by atoms with Crippen molar-refractivity contribution in [2.75, 3.05) is 33.9 Å². The molecule has 0 saturated carbocycles. The lowest BCUT2D eigenvalue weighted by Gasteiger charge is -2.20. The first kappa shape index (κ1) is 26.1. The van der Waals surface area contributed by atoms with Crippen molar-refractivity contribution in [2.24, 2.45) is 4.99 Å². The second kappa shape index (κ2) is 13.3. The van der Waals surface area contributed by atoms with Gasteiger partial charge < -0.3 is 30.2 Å². The van der Waals surface area contributed by atoms with Crippen molar-refractivity contribution in [2.45, 2.75) is 39.8 Å². The molecule has 8 nitrogen and oxygen atoms in total. The number of carbonyl (C=O) groups excluding carboxylic acids is 1. The number of alkyl carbamates (subject to hydrolysis) is 1. The van der Waals surface area contributed by atoms with Crippen LogP contribution in [-0.4, -0.2) is 51.5 Å². The average Bonchev–Trinajstić information content (AvgIpc) is 2.60. The predicted octanol–water partition coefficient (Wildman–Crippen LogP) is 2.90. The molecule has 1 aromatic carbocycles. The first-order chi connectivity index (χ1) is 12.8.